The molecule has 0 aromatic heterocycles. The molecule has 1 nitrogen and oxygen atoms in total. The summed E-state index contributed by atoms with van der Waals surface area (Å²) in [6.45, 7) is 0. The molecule has 0 saturated carbocycles. The summed E-state index contributed by atoms with van der Waals surface area (Å²) in [5.74, 6) is 0.0641. The van der Waals surface area contributed by atoms with Gasteiger partial charge in [-0.05, 0) is 64.0 Å². The standard InChI is InChI=1S/C17H14BrClO/c18-15-6-2-5-14(17(15)19)16(20)10-11-7-8-12-3-1-4-13(12)9-11/h2,5-9H,1,3-4,10H2. The first-order valence-electron chi connectivity index (χ1n) is 6.73. The fourth-order valence-electron chi connectivity index (χ4n) is 2.73. The second-order valence-corrected chi connectivity index (χ2v) is 6.39. The van der Waals surface area contributed by atoms with Gasteiger partial charge in [0.15, 0.2) is 5.78 Å². The van der Waals surface area contributed by atoms with Gasteiger partial charge in [-0.3, -0.25) is 4.79 Å². The monoisotopic (exact) mass is 348 g/mol. The molecule has 1 aliphatic carbocycles. The molecule has 2 aromatic rings. The van der Waals surface area contributed by atoms with Crippen molar-refractivity contribution in [3.63, 3.8) is 0 Å². The lowest BCUT2D eigenvalue weighted by atomic mass is 9.99. The third kappa shape index (κ3) is 2.68. The number of carbonyl (C=O) groups is 1. The van der Waals surface area contributed by atoms with Crippen LogP contribution in [0.5, 0.6) is 0 Å². The highest BCUT2D eigenvalue weighted by Crippen LogP contribution is 2.28. The maximum atomic E-state index is 12.4. The van der Waals surface area contributed by atoms with E-state index < -0.39 is 0 Å². The van der Waals surface area contributed by atoms with Crippen LogP contribution >= 0.6 is 27.5 Å². The SMILES string of the molecule is O=C(Cc1ccc2c(c1)CCC2)c1cccc(Br)c1Cl. The van der Waals surface area contributed by atoms with Crippen molar-refractivity contribution in [2.75, 3.05) is 0 Å². The zero-order valence-corrected chi connectivity index (χ0v) is 13.3. The molecule has 0 aliphatic heterocycles. The molecule has 1 aliphatic rings. The van der Waals surface area contributed by atoms with E-state index in [2.05, 4.69) is 34.1 Å². The van der Waals surface area contributed by atoms with Crippen LogP contribution in [0.4, 0.5) is 0 Å². The molecule has 102 valence electrons. The molecule has 0 spiro atoms. The average Bonchev–Trinajstić information content (AvgIpc) is 2.89. The number of Topliss-reactive ketones (excluding diaryl/α,β-unsaturated/α-hetero) is 1. The molecule has 0 radical (unpaired) electrons. The van der Waals surface area contributed by atoms with E-state index in [1.807, 2.05) is 12.1 Å². The van der Waals surface area contributed by atoms with Crippen molar-refractivity contribution in [3.05, 3.63) is 68.1 Å². The number of aryl methyl sites for hydroxylation is 2. The zero-order chi connectivity index (χ0) is 14.1. The summed E-state index contributed by atoms with van der Waals surface area (Å²) in [5.41, 5.74) is 4.49. The summed E-state index contributed by atoms with van der Waals surface area (Å²) >= 11 is 9.54. The summed E-state index contributed by atoms with van der Waals surface area (Å²) < 4.78 is 0.763. The summed E-state index contributed by atoms with van der Waals surface area (Å²) in [6, 6.07) is 11.9. The summed E-state index contributed by atoms with van der Waals surface area (Å²) in [7, 11) is 0. The molecule has 20 heavy (non-hydrogen) atoms. The number of fused-ring (bicyclic) bond motifs is 1. The van der Waals surface area contributed by atoms with E-state index in [4.69, 9.17) is 11.6 Å². The van der Waals surface area contributed by atoms with Gasteiger partial charge in [0.2, 0.25) is 0 Å². The second kappa shape index (κ2) is 5.71. The molecule has 0 bridgehead atoms. The molecule has 3 heteroatoms. The lowest BCUT2D eigenvalue weighted by Crippen LogP contribution is -2.05. The van der Waals surface area contributed by atoms with E-state index in [1.54, 1.807) is 6.07 Å². The maximum Gasteiger partial charge on any atom is 0.168 e. The Morgan fingerprint density at radius 3 is 2.80 bits per heavy atom. The quantitative estimate of drug-likeness (QED) is 0.711. The van der Waals surface area contributed by atoms with Gasteiger partial charge in [-0.25, -0.2) is 0 Å². The molecule has 0 saturated heterocycles. The Kier molecular flexibility index (Phi) is 3.95. The van der Waals surface area contributed by atoms with Crippen molar-refractivity contribution >= 4 is 33.3 Å². The Morgan fingerprint density at radius 2 is 1.95 bits per heavy atom. The number of hydrogen-bond acceptors (Lipinski definition) is 1. The van der Waals surface area contributed by atoms with Crippen molar-refractivity contribution in [1.29, 1.82) is 0 Å². The first-order valence-corrected chi connectivity index (χ1v) is 7.90. The number of hydrogen-bond donors (Lipinski definition) is 0. The summed E-state index contributed by atoms with van der Waals surface area (Å²) in [5, 5.41) is 0.499. The van der Waals surface area contributed by atoms with Crippen LogP contribution in [-0.4, -0.2) is 5.78 Å². The van der Waals surface area contributed by atoms with Crippen molar-refractivity contribution in [2.45, 2.75) is 25.7 Å². The minimum atomic E-state index is 0.0641. The zero-order valence-electron chi connectivity index (χ0n) is 11.0. The fraction of sp³-hybridized carbons (Fsp3) is 0.235. The molecule has 0 atom stereocenters. The Labute approximate surface area is 132 Å². The third-order valence-corrected chi connectivity index (χ3v) is 5.08. The van der Waals surface area contributed by atoms with Crippen molar-refractivity contribution in [1.82, 2.24) is 0 Å². The molecule has 3 rings (SSSR count). The fourth-order valence-corrected chi connectivity index (χ4v) is 3.33. The molecule has 0 amide bonds. The molecule has 0 heterocycles. The van der Waals surface area contributed by atoms with Gasteiger partial charge in [-0.15, -0.1) is 0 Å². The van der Waals surface area contributed by atoms with E-state index in [0.717, 1.165) is 16.5 Å². The van der Waals surface area contributed by atoms with Crippen LogP contribution < -0.4 is 0 Å². The van der Waals surface area contributed by atoms with Crippen LogP contribution in [0.1, 0.15) is 33.5 Å². The normalized spacial score (nSPS) is 13.3. The predicted octanol–water partition coefficient (Wildman–Crippen LogP) is 5.02. The van der Waals surface area contributed by atoms with Gasteiger partial charge in [0.05, 0.1) is 5.02 Å². The third-order valence-electron chi connectivity index (χ3n) is 3.78. The van der Waals surface area contributed by atoms with Crippen molar-refractivity contribution in [2.24, 2.45) is 0 Å². The van der Waals surface area contributed by atoms with Crippen molar-refractivity contribution in [3.8, 4) is 0 Å². The predicted molar refractivity (Wildman–Crippen MR) is 85.7 cm³/mol. The highest BCUT2D eigenvalue weighted by atomic mass is 79.9. The van der Waals surface area contributed by atoms with Gasteiger partial charge in [0, 0.05) is 16.5 Å². The Hall–Kier alpha value is -1.12. The lowest BCUT2D eigenvalue weighted by molar-refractivity contribution is 0.0993. The van der Waals surface area contributed by atoms with Gasteiger partial charge >= 0.3 is 0 Å². The number of benzene rings is 2. The Bertz CT molecular complexity index is 679. The summed E-state index contributed by atoms with van der Waals surface area (Å²) in [4.78, 5) is 12.4. The van der Waals surface area contributed by atoms with Gasteiger partial charge in [-0.2, -0.15) is 0 Å². The molecule has 0 fully saturated rings. The second-order valence-electron chi connectivity index (χ2n) is 5.16. The summed E-state index contributed by atoms with van der Waals surface area (Å²) in [6.07, 6.45) is 3.93. The van der Waals surface area contributed by atoms with Crippen LogP contribution in [0, 0.1) is 0 Å². The Morgan fingerprint density at radius 1 is 1.15 bits per heavy atom. The van der Waals surface area contributed by atoms with Crippen LogP contribution in [0.3, 0.4) is 0 Å². The van der Waals surface area contributed by atoms with Crippen molar-refractivity contribution < 1.29 is 4.79 Å². The molecular weight excluding hydrogens is 336 g/mol. The maximum absolute atomic E-state index is 12.4. The first kappa shape index (κ1) is 13.8. The highest BCUT2D eigenvalue weighted by molar-refractivity contribution is 9.10. The van der Waals surface area contributed by atoms with Gasteiger partial charge in [-0.1, -0.05) is 35.9 Å². The number of halogens is 2. The minimum Gasteiger partial charge on any atom is -0.294 e. The smallest absolute Gasteiger partial charge is 0.168 e. The van der Waals surface area contributed by atoms with E-state index in [9.17, 15) is 4.79 Å². The highest BCUT2D eigenvalue weighted by Gasteiger charge is 2.15. The average molecular weight is 350 g/mol. The lowest BCUT2D eigenvalue weighted by Gasteiger charge is -2.07. The van der Waals surface area contributed by atoms with E-state index >= 15 is 0 Å². The first-order chi connectivity index (χ1) is 9.65. The Balaban J connectivity index is 1.84. The number of carbonyl (C=O) groups excluding carboxylic acids is 1. The van der Waals surface area contributed by atoms with Crippen LogP contribution in [0.15, 0.2) is 40.9 Å². The van der Waals surface area contributed by atoms with Gasteiger partial charge in [0.1, 0.15) is 0 Å². The van der Waals surface area contributed by atoms with E-state index in [0.29, 0.717) is 17.0 Å². The number of ketones is 1. The molecular formula is C17H14BrClO. The largest absolute Gasteiger partial charge is 0.294 e. The van der Waals surface area contributed by atoms with E-state index in [-0.39, 0.29) is 5.78 Å². The van der Waals surface area contributed by atoms with E-state index in [1.165, 1.54) is 24.0 Å². The topological polar surface area (TPSA) is 17.1 Å². The van der Waals surface area contributed by atoms with Gasteiger partial charge < -0.3 is 0 Å². The van der Waals surface area contributed by atoms with Crippen LogP contribution in [0.2, 0.25) is 5.02 Å². The molecule has 2 aromatic carbocycles. The van der Waals surface area contributed by atoms with Crippen LogP contribution in [0.25, 0.3) is 0 Å². The number of rotatable bonds is 3. The minimum absolute atomic E-state index is 0.0641. The van der Waals surface area contributed by atoms with Gasteiger partial charge in [0.25, 0.3) is 0 Å². The molecule has 0 unspecified atom stereocenters. The van der Waals surface area contributed by atoms with Crippen LogP contribution in [-0.2, 0) is 19.3 Å². The molecule has 0 N–H and O–H groups in total.